The van der Waals surface area contributed by atoms with Gasteiger partial charge in [0.2, 0.25) is 0 Å². The average Bonchev–Trinajstić information content (AvgIpc) is 2.78. The lowest BCUT2D eigenvalue weighted by molar-refractivity contribution is 0.0638. The molecule has 0 aromatic carbocycles. The van der Waals surface area contributed by atoms with Gasteiger partial charge in [-0.3, -0.25) is 4.79 Å². The molecule has 0 spiro atoms. The molecular formula is C13H19BrN2O2. The average molecular weight is 315 g/mol. The van der Waals surface area contributed by atoms with Crippen molar-refractivity contribution in [2.45, 2.75) is 44.7 Å². The Labute approximate surface area is 116 Å². The lowest BCUT2D eigenvalue weighted by Crippen LogP contribution is -2.44. The van der Waals surface area contributed by atoms with Gasteiger partial charge in [0.1, 0.15) is 0 Å². The Bertz CT molecular complexity index is 411. The molecule has 0 unspecified atom stereocenters. The van der Waals surface area contributed by atoms with Gasteiger partial charge in [-0.1, -0.05) is 0 Å². The lowest BCUT2D eigenvalue weighted by Gasteiger charge is -2.35. The number of rotatable bonds is 3. The monoisotopic (exact) mass is 314 g/mol. The predicted octanol–water partition coefficient (Wildman–Crippen LogP) is 2.77. The first-order chi connectivity index (χ1) is 8.63. The van der Waals surface area contributed by atoms with E-state index in [0.29, 0.717) is 22.3 Å². The van der Waals surface area contributed by atoms with Crippen LogP contribution in [0, 0.1) is 0 Å². The van der Waals surface area contributed by atoms with Crippen molar-refractivity contribution < 1.29 is 9.21 Å². The van der Waals surface area contributed by atoms with E-state index in [-0.39, 0.29) is 5.91 Å². The van der Waals surface area contributed by atoms with E-state index in [9.17, 15) is 4.79 Å². The maximum Gasteiger partial charge on any atom is 0.258 e. The maximum atomic E-state index is 12.4. The number of nitrogens with two attached hydrogens (primary N) is 1. The Morgan fingerprint density at radius 1 is 1.50 bits per heavy atom. The first-order valence-corrected chi connectivity index (χ1v) is 7.22. The molecule has 1 aliphatic rings. The second-order valence-electron chi connectivity index (χ2n) is 4.77. The molecule has 4 nitrogen and oxygen atoms in total. The van der Waals surface area contributed by atoms with Gasteiger partial charge in [-0.05, 0) is 54.6 Å². The number of carbonyl (C=O) groups is 1. The minimum absolute atomic E-state index is 0.0404. The number of halogens is 1. The minimum Gasteiger partial charge on any atom is -0.457 e. The molecule has 0 saturated heterocycles. The number of carbonyl (C=O) groups excluding carboxylic acids is 1. The Balaban J connectivity index is 2.09. The summed E-state index contributed by atoms with van der Waals surface area (Å²) in [5.74, 6) is 0.0404. The van der Waals surface area contributed by atoms with Crippen LogP contribution in [0.5, 0.6) is 0 Å². The van der Waals surface area contributed by atoms with Crippen molar-refractivity contribution in [2.75, 3.05) is 6.54 Å². The normalized spacial score (nSPS) is 23.9. The van der Waals surface area contributed by atoms with Gasteiger partial charge in [0.25, 0.3) is 5.91 Å². The summed E-state index contributed by atoms with van der Waals surface area (Å²) in [6, 6.07) is 2.32. The van der Waals surface area contributed by atoms with Crippen LogP contribution in [-0.2, 0) is 0 Å². The topological polar surface area (TPSA) is 59.5 Å². The molecule has 0 atom stereocenters. The highest BCUT2D eigenvalue weighted by molar-refractivity contribution is 9.10. The summed E-state index contributed by atoms with van der Waals surface area (Å²) in [7, 11) is 0. The fraction of sp³-hybridized carbons (Fsp3) is 0.615. The molecule has 5 heteroatoms. The maximum absolute atomic E-state index is 12.4. The fourth-order valence-electron chi connectivity index (χ4n) is 2.58. The molecule has 2 N–H and O–H groups in total. The van der Waals surface area contributed by atoms with Crippen molar-refractivity contribution in [3.8, 4) is 0 Å². The second-order valence-corrected chi connectivity index (χ2v) is 5.49. The van der Waals surface area contributed by atoms with Crippen molar-refractivity contribution in [3.05, 3.63) is 22.6 Å². The Morgan fingerprint density at radius 3 is 2.67 bits per heavy atom. The first-order valence-electron chi connectivity index (χ1n) is 6.43. The molecule has 1 aromatic heterocycles. The summed E-state index contributed by atoms with van der Waals surface area (Å²) in [6.07, 6.45) is 5.52. The number of hydrogen-bond acceptors (Lipinski definition) is 3. The SMILES string of the molecule is CCN(C(=O)c1ccoc1Br)C1CCC(N)CC1. The smallest absolute Gasteiger partial charge is 0.258 e. The van der Waals surface area contributed by atoms with E-state index in [1.807, 2.05) is 11.8 Å². The van der Waals surface area contributed by atoms with E-state index < -0.39 is 0 Å². The van der Waals surface area contributed by atoms with Crippen molar-refractivity contribution in [1.29, 1.82) is 0 Å². The van der Waals surface area contributed by atoms with Gasteiger partial charge in [0.05, 0.1) is 11.8 Å². The minimum atomic E-state index is 0.0404. The molecule has 0 bridgehead atoms. The molecule has 0 aliphatic heterocycles. The Hall–Kier alpha value is -0.810. The molecule has 0 radical (unpaired) electrons. The van der Waals surface area contributed by atoms with Gasteiger partial charge in [-0.2, -0.15) is 0 Å². The first kappa shape index (κ1) is 13.6. The van der Waals surface area contributed by atoms with Gasteiger partial charge in [0.15, 0.2) is 4.67 Å². The van der Waals surface area contributed by atoms with Crippen LogP contribution in [0.2, 0.25) is 0 Å². The van der Waals surface area contributed by atoms with Crippen LogP contribution in [-0.4, -0.2) is 29.4 Å². The molecule has 1 fully saturated rings. The summed E-state index contributed by atoms with van der Waals surface area (Å²) in [6.45, 7) is 2.73. The second kappa shape index (κ2) is 5.89. The zero-order chi connectivity index (χ0) is 13.1. The summed E-state index contributed by atoms with van der Waals surface area (Å²) in [5, 5.41) is 0. The molecule has 1 saturated carbocycles. The van der Waals surface area contributed by atoms with E-state index in [0.717, 1.165) is 32.2 Å². The van der Waals surface area contributed by atoms with Crippen LogP contribution in [0.15, 0.2) is 21.4 Å². The van der Waals surface area contributed by atoms with E-state index >= 15 is 0 Å². The molecule has 100 valence electrons. The quantitative estimate of drug-likeness (QED) is 0.933. The molecule has 1 amide bonds. The third-order valence-corrected chi connectivity index (χ3v) is 4.25. The van der Waals surface area contributed by atoms with Gasteiger partial charge in [-0.25, -0.2) is 0 Å². The zero-order valence-corrected chi connectivity index (χ0v) is 12.1. The van der Waals surface area contributed by atoms with E-state index in [1.165, 1.54) is 6.26 Å². The van der Waals surface area contributed by atoms with E-state index in [4.69, 9.17) is 10.2 Å². The highest BCUT2D eigenvalue weighted by atomic mass is 79.9. The van der Waals surface area contributed by atoms with Crippen molar-refractivity contribution in [1.82, 2.24) is 4.90 Å². The van der Waals surface area contributed by atoms with Crippen molar-refractivity contribution in [3.63, 3.8) is 0 Å². The largest absolute Gasteiger partial charge is 0.457 e. The highest BCUT2D eigenvalue weighted by Gasteiger charge is 2.28. The number of nitrogens with zero attached hydrogens (tertiary/aromatic N) is 1. The lowest BCUT2D eigenvalue weighted by atomic mass is 9.90. The van der Waals surface area contributed by atoms with Crippen molar-refractivity contribution in [2.24, 2.45) is 5.73 Å². The van der Waals surface area contributed by atoms with Crippen LogP contribution in [0.25, 0.3) is 0 Å². The van der Waals surface area contributed by atoms with E-state index in [1.54, 1.807) is 6.07 Å². The Morgan fingerprint density at radius 2 is 2.17 bits per heavy atom. The third kappa shape index (κ3) is 2.78. The van der Waals surface area contributed by atoms with Crippen LogP contribution in [0.3, 0.4) is 0 Å². The summed E-state index contributed by atoms with van der Waals surface area (Å²) >= 11 is 3.26. The van der Waals surface area contributed by atoms with Crippen LogP contribution < -0.4 is 5.73 Å². The molecule has 2 rings (SSSR count). The number of hydrogen-bond donors (Lipinski definition) is 1. The fourth-order valence-corrected chi connectivity index (χ4v) is 2.99. The molecule has 18 heavy (non-hydrogen) atoms. The van der Waals surface area contributed by atoms with Gasteiger partial charge in [0, 0.05) is 18.6 Å². The third-order valence-electron chi connectivity index (χ3n) is 3.63. The van der Waals surface area contributed by atoms with Gasteiger partial charge >= 0.3 is 0 Å². The highest BCUT2D eigenvalue weighted by Crippen LogP contribution is 2.26. The molecule has 1 aliphatic carbocycles. The van der Waals surface area contributed by atoms with Gasteiger partial charge < -0.3 is 15.1 Å². The summed E-state index contributed by atoms with van der Waals surface area (Å²) in [5.41, 5.74) is 6.51. The molecular weight excluding hydrogens is 296 g/mol. The standard InChI is InChI=1S/C13H19BrN2O2/c1-2-16(10-5-3-9(15)4-6-10)13(17)11-7-8-18-12(11)14/h7-10H,2-6,15H2,1H3. The summed E-state index contributed by atoms with van der Waals surface area (Å²) < 4.78 is 5.65. The predicted molar refractivity (Wildman–Crippen MR) is 73.3 cm³/mol. The van der Waals surface area contributed by atoms with Crippen molar-refractivity contribution >= 4 is 21.8 Å². The van der Waals surface area contributed by atoms with E-state index in [2.05, 4.69) is 15.9 Å². The number of furan rings is 1. The molecule has 1 heterocycles. The van der Waals surface area contributed by atoms with Crippen LogP contribution in [0.1, 0.15) is 43.0 Å². The Kier molecular flexibility index (Phi) is 4.45. The zero-order valence-electron chi connectivity index (χ0n) is 10.6. The van der Waals surface area contributed by atoms with Gasteiger partial charge in [-0.15, -0.1) is 0 Å². The van der Waals surface area contributed by atoms with Crippen LogP contribution >= 0.6 is 15.9 Å². The number of amides is 1. The molecule has 1 aromatic rings. The van der Waals surface area contributed by atoms with Crippen LogP contribution in [0.4, 0.5) is 0 Å². The summed E-state index contributed by atoms with van der Waals surface area (Å²) in [4.78, 5) is 14.4.